The summed E-state index contributed by atoms with van der Waals surface area (Å²) in [5, 5.41) is 0. The van der Waals surface area contributed by atoms with Gasteiger partial charge in [0.1, 0.15) is 20.2 Å². The zero-order valence-corrected chi connectivity index (χ0v) is 18.2. The van der Waals surface area contributed by atoms with E-state index in [0.29, 0.717) is 0 Å². The summed E-state index contributed by atoms with van der Waals surface area (Å²) in [6, 6.07) is 3.87. The molecule has 2 aromatic heterocycles. The fraction of sp³-hybridized carbons (Fsp3) is 0. The SMILES string of the molecule is O=c1ccc(S(=O)(=O)[O-])c[nH]1.O=c1ccc(S(=O)(=O)[O-])c[nH]1.[OH3+].[OH3+].[OH3+].[OH3+].[Zn+2]. The third-order valence-electron chi connectivity index (χ3n) is 2.09. The maximum Gasteiger partial charge on any atom is 2.00 e. The molecule has 2 heterocycles. The Labute approximate surface area is 164 Å². The molecule has 0 aliphatic heterocycles. The molecule has 0 atom stereocenters. The second-order valence-corrected chi connectivity index (χ2v) is 6.44. The fourth-order valence-electron chi connectivity index (χ4n) is 1.10. The Hall–Kier alpha value is -1.82. The number of rotatable bonds is 2. The molecule has 0 saturated carbocycles. The van der Waals surface area contributed by atoms with Crippen LogP contribution in [0.3, 0.4) is 0 Å². The van der Waals surface area contributed by atoms with E-state index in [1.807, 2.05) is 0 Å². The summed E-state index contributed by atoms with van der Waals surface area (Å²) in [7, 11) is -8.88. The van der Waals surface area contributed by atoms with Crippen LogP contribution in [-0.4, -0.2) is 35.9 Å². The molecule has 0 bridgehead atoms. The average molecular weight is 490 g/mol. The summed E-state index contributed by atoms with van der Waals surface area (Å²) in [4.78, 5) is 24.1. The molecular formula is C10H20N2O12S2Zn+4. The van der Waals surface area contributed by atoms with E-state index in [4.69, 9.17) is 0 Å². The minimum atomic E-state index is -4.44. The number of pyridine rings is 2. The van der Waals surface area contributed by atoms with Gasteiger partial charge in [-0.15, -0.1) is 0 Å². The molecule has 0 aliphatic rings. The Morgan fingerprint density at radius 2 is 0.889 bits per heavy atom. The summed E-state index contributed by atoms with van der Waals surface area (Å²) in [6.45, 7) is 0. The van der Waals surface area contributed by atoms with Crippen LogP contribution in [0.25, 0.3) is 0 Å². The number of hydrogen-bond donors (Lipinski definition) is 2. The van der Waals surface area contributed by atoms with Crippen molar-refractivity contribution in [2.24, 2.45) is 0 Å². The first-order chi connectivity index (χ1) is 10.00. The second kappa shape index (κ2) is 14.3. The van der Waals surface area contributed by atoms with Crippen molar-refractivity contribution in [2.45, 2.75) is 9.79 Å². The molecule has 0 unspecified atom stereocenters. The molecule has 14 N–H and O–H groups in total. The normalized spacial score (nSPS) is 9.26. The average Bonchev–Trinajstić information content (AvgIpc) is 2.38. The molecule has 14 nitrogen and oxygen atoms in total. The minimum absolute atomic E-state index is 0. The third kappa shape index (κ3) is 13.1. The van der Waals surface area contributed by atoms with Crippen LogP contribution in [0.4, 0.5) is 0 Å². The van der Waals surface area contributed by atoms with Gasteiger partial charge in [-0.2, -0.15) is 0 Å². The number of aromatic amines is 2. The molecule has 0 fully saturated rings. The number of nitrogens with one attached hydrogen (secondary N) is 2. The summed E-state index contributed by atoms with van der Waals surface area (Å²) >= 11 is 0. The Kier molecular flexibility index (Phi) is 19.1. The van der Waals surface area contributed by atoms with Crippen molar-refractivity contribution in [3.8, 4) is 0 Å². The van der Waals surface area contributed by atoms with Gasteiger partial charge in [0.15, 0.2) is 0 Å². The van der Waals surface area contributed by atoms with Gasteiger partial charge in [0.2, 0.25) is 11.1 Å². The Morgan fingerprint density at radius 3 is 1.04 bits per heavy atom. The maximum absolute atomic E-state index is 10.4. The van der Waals surface area contributed by atoms with E-state index in [9.17, 15) is 35.5 Å². The van der Waals surface area contributed by atoms with Gasteiger partial charge in [0.25, 0.3) is 0 Å². The first-order valence-electron chi connectivity index (χ1n) is 5.29. The van der Waals surface area contributed by atoms with Gasteiger partial charge in [-0.25, -0.2) is 16.8 Å². The maximum atomic E-state index is 10.4. The van der Waals surface area contributed by atoms with Gasteiger partial charge in [0, 0.05) is 24.5 Å². The molecule has 0 amide bonds. The molecule has 2 rings (SSSR count). The summed E-state index contributed by atoms with van der Waals surface area (Å²) in [5.74, 6) is 0. The van der Waals surface area contributed by atoms with Crippen LogP contribution < -0.4 is 11.1 Å². The molecule has 0 radical (unpaired) electrons. The molecule has 0 saturated heterocycles. The van der Waals surface area contributed by atoms with Gasteiger partial charge < -0.3 is 41.0 Å². The van der Waals surface area contributed by atoms with Crippen molar-refractivity contribution in [2.75, 3.05) is 0 Å². The van der Waals surface area contributed by atoms with E-state index < -0.39 is 41.1 Å². The van der Waals surface area contributed by atoms with Gasteiger partial charge in [0.05, 0.1) is 9.79 Å². The van der Waals surface area contributed by atoms with E-state index in [2.05, 4.69) is 9.97 Å². The molecule has 152 valence electrons. The molecule has 2 aromatic rings. The van der Waals surface area contributed by atoms with Gasteiger partial charge in [-0.1, -0.05) is 0 Å². The Balaban J connectivity index is -0.000000101. The smallest absolute Gasteiger partial charge is 0.744 e. The van der Waals surface area contributed by atoms with Gasteiger partial charge in [-0.05, 0) is 12.1 Å². The number of H-pyrrole nitrogens is 2. The molecule has 0 aromatic carbocycles. The summed E-state index contributed by atoms with van der Waals surface area (Å²) in [5.41, 5.74) is -0.894. The molecule has 0 aliphatic carbocycles. The van der Waals surface area contributed by atoms with Gasteiger partial charge in [-0.3, -0.25) is 9.59 Å². The predicted octanol–water partition coefficient (Wildman–Crippen LogP) is -5.13. The minimum Gasteiger partial charge on any atom is -0.744 e. The Morgan fingerprint density at radius 1 is 0.630 bits per heavy atom. The van der Waals surface area contributed by atoms with Crippen LogP contribution in [-0.2, 0) is 61.6 Å². The van der Waals surface area contributed by atoms with Crippen LogP contribution >= 0.6 is 0 Å². The molecule has 0 spiro atoms. The van der Waals surface area contributed by atoms with Crippen LogP contribution in [0.2, 0.25) is 0 Å². The van der Waals surface area contributed by atoms with Crippen LogP contribution in [0.5, 0.6) is 0 Å². The van der Waals surface area contributed by atoms with Crippen molar-refractivity contribution in [3.05, 3.63) is 57.4 Å². The van der Waals surface area contributed by atoms with E-state index in [0.717, 1.165) is 36.7 Å². The Bertz CT molecular complexity index is 861. The monoisotopic (exact) mass is 488 g/mol. The predicted molar refractivity (Wildman–Crippen MR) is 89.5 cm³/mol. The number of hydrogen-bond acceptors (Lipinski definition) is 8. The molecule has 27 heavy (non-hydrogen) atoms. The van der Waals surface area contributed by atoms with E-state index in [-0.39, 0.29) is 41.4 Å². The van der Waals surface area contributed by atoms with E-state index in [1.165, 1.54) is 0 Å². The zero-order valence-electron chi connectivity index (χ0n) is 13.6. The van der Waals surface area contributed by atoms with Crippen LogP contribution in [0, 0.1) is 0 Å². The standard InChI is InChI=1S/2C5H5NO4S.4H2O.Zn/c2*7-5-2-1-4(3-6-5)11(8,9)10;;;;;/h2*1-3H,(H,6,7)(H,8,9,10);4*1H2;/q;;;;;;+2/p+2. The van der Waals surface area contributed by atoms with E-state index in [1.54, 1.807) is 0 Å². The van der Waals surface area contributed by atoms with Crippen molar-refractivity contribution in [1.29, 1.82) is 0 Å². The van der Waals surface area contributed by atoms with Crippen molar-refractivity contribution >= 4 is 20.2 Å². The molecular weight excluding hydrogens is 470 g/mol. The fourth-order valence-corrected chi connectivity index (χ4v) is 1.98. The summed E-state index contributed by atoms with van der Waals surface area (Å²) < 4.78 is 61.6. The zero-order chi connectivity index (χ0) is 17.0. The second-order valence-electron chi connectivity index (χ2n) is 3.69. The number of aromatic nitrogens is 2. The summed E-state index contributed by atoms with van der Waals surface area (Å²) in [6.07, 6.45) is 1.73. The van der Waals surface area contributed by atoms with Crippen LogP contribution in [0.15, 0.2) is 56.0 Å². The molecule has 17 heteroatoms. The van der Waals surface area contributed by atoms with Gasteiger partial charge >= 0.3 is 19.5 Å². The topological polar surface area (TPSA) is 312 Å². The quantitative estimate of drug-likeness (QED) is 0.232. The van der Waals surface area contributed by atoms with Crippen LogP contribution in [0.1, 0.15) is 0 Å². The van der Waals surface area contributed by atoms with Crippen molar-refractivity contribution in [3.63, 3.8) is 0 Å². The largest absolute Gasteiger partial charge is 2.00 e. The van der Waals surface area contributed by atoms with E-state index >= 15 is 0 Å². The first-order valence-corrected chi connectivity index (χ1v) is 8.11. The van der Waals surface area contributed by atoms with Crippen molar-refractivity contribution in [1.82, 2.24) is 9.97 Å². The third-order valence-corrected chi connectivity index (χ3v) is 3.75. The van der Waals surface area contributed by atoms with Crippen molar-refractivity contribution < 1.29 is 67.3 Å². The first kappa shape index (κ1) is 36.2.